The Morgan fingerprint density at radius 1 is 1.15 bits per heavy atom. The summed E-state index contributed by atoms with van der Waals surface area (Å²) in [5, 5.41) is 16.0. The summed E-state index contributed by atoms with van der Waals surface area (Å²) in [5.74, 6) is 0.373. The Labute approximate surface area is 247 Å². The number of aromatic nitrogens is 2. The van der Waals surface area contributed by atoms with Gasteiger partial charge in [0.15, 0.2) is 0 Å². The lowest BCUT2D eigenvalue weighted by Crippen LogP contribution is -2.37. The van der Waals surface area contributed by atoms with Crippen molar-refractivity contribution in [3.8, 4) is 11.3 Å². The van der Waals surface area contributed by atoms with Gasteiger partial charge in [-0.2, -0.15) is 0 Å². The quantitative estimate of drug-likeness (QED) is 0.206. The van der Waals surface area contributed by atoms with E-state index in [0.29, 0.717) is 46.0 Å². The molecule has 6 rings (SSSR count). The van der Waals surface area contributed by atoms with Crippen LogP contribution in [-0.4, -0.2) is 27.8 Å². The van der Waals surface area contributed by atoms with Crippen molar-refractivity contribution in [2.45, 2.75) is 76.7 Å². The molecule has 0 radical (unpaired) electrons. The zero-order valence-corrected chi connectivity index (χ0v) is 25.0. The van der Waals surface area contributed by atoms with E-state index in [4.69, 9.17) is 37.4 Å². The Balaban J connectivity index is 1.16. The van der Waals surface area contributed by atoms with Crippen LogP contribution in [0.5, 0.6) is 0 Å². The fourth-order valence-corrected chi connectivity index (χ4v) is 7.66. The van der Waals surface area contributed by atoms with Gasteiger partial charge in [0.1, 0.15) is 11.5 Å². The molecule has 210 valence electrons. The van der Waals surface area contributed by atoms with E-state index in [1.54, 1.807) is 23.5 Å². The summed E-state index contributed by atoms with van der Waals surface area (Å²) in [5.41, 5.74) is 3.57. The predicted molar refractivity (Wildman–Crippen MR) is 159 cm³/mol. The molecule has 2 heterocycles. The van der Waals surface area contributed by atoms with E-state index in [0.717, 1.165) is 71.5 Å². The summed E-state index contributed by atoms with van der Waals surface area (Å²) in [6, 6.07) is 10.7. The Morgan fingerprint density at radius 2 is 1.88 bits per heavy atom. The number of hydrogen-bond acceptors (Lipinski definition) is 6. The lowest BCUT2D eigenvalue weighted by Gasteiger charge is -2.43. The van der Waals surface area contributed by atoms with Crippen LogP contribution in [0.3, 0.4) is 0 Å². The molecule has 0 atom stereocenters. The molecule has 2 saturated carbocycles. The lowest BCUT2D eigenvalue weighted by molar-refractivity contribution is -0.00372. The highest BCUT2D eigenvalue weighted by Crippen LogP contribution is 2.51. The maximum atomic E-state index is 11.4. The van der Waals surface area contributed by atoms with Crippen LogP contribution in [0.1, 0.15) is 91.4 Å². The average Bonchev–Trinajstić information content (AvgIpc) is 3.55. The van der Waals surface area contributed by atoms with Gasteiger partial charge in [0.2, 0.25) is 0 Å². The Hall–Kier alpha value is -2.45. The summed E-state index contributed by atoms with van der Waals surface area (Å²) >= 11 is 14.7. The molecule has 0 aliphatic heterocycles. The maximum Gasteiger partial charge on any atom is 0.335 e. The van der Waals surface area contributed by atoms with E-state index in [1.165, 1.54) is 0 Å². The molecule has 9 heteroatoms. The van der Waals surface area contributed by atoms with Crippen LogP contribution in [-0.2, 0) is 16.8 Å². The monoisotopic (exact) mass is 598 g/mol. The molecule has 4 aromatic rings. The van der Waals surface area contributed by atoms with E-state index >= 15 is 0 Å². The van der Waals surface area contributed by atoms with E-state index < -0.39 is 5.97 Å². The van der Waals surface area contributed by atoms with Crippen molar-refractivity contribution in [2.75, 3.05) is 6.61 Å². The van der Waals surface area contributed by atoms with Gasteiger partial charge in [-0.1, -0.05) is 48.3 Å². The number of ether oxygens (including phenoxy) is 1. The third-order valence-electron chi connectivity index (χ3n) is 8.94. The molecule has 2 aliphatic rings. The van der Waals surface area contributed by atoms with Crippen LogP contribution < -0.4 is 0 Å². The van der Waals surface area contributed by atoms with E-state index in [-0.39, 0.29) is 10.8 Å². The van der Waals surface area contributed by atoms with Crippen molar-refractivity contribution in [2.24, 2.45) is 5.41 Å². The predicted octanol–water partition coefficient (Wildman–Crippen LogP) is 9.28. The fraction of sp³-hybridized carbons (Fsp3) is 0.452. The van der Waals surface area contributed by atoms with Crippen molar-refractivity contribution < 1.29 is 19.2 Å². The van der Waals surface area contributed by atoms with Gasteiger partial charge in [-0.05, 0) is 80.7 Å². The first-order valence-corrected chi connectivity index (χ1v) is 15.4. The minimum Gasteiger partial charge on any atom is -0.478 e. The highest BCUT2D eigenvalue weighted by atomic mass is 35.5. The molecule has 2 fully saturated rings. The molecular weight excluding hydrogens is 567 g/mol. The third-order valence-corrected chi connectivity index (χ3v) is 10.9. The van der Waals surface area contributed by atoms with Crippen molar-refractivity contribution in [3.05, 3.63) is 68.3 Å². The van der Waals surface area contributed by atoms with Crippen LogP contribution in [0, 0.1) is 5.41 Å². The number of hydrogen-bond donors (Lipinski definition) is 1. The topological polar surface area (TPSA) is 85.5 Å². The summed E-state index contributed by atoms with van der Waals surface area (Å²) in [4.78, 5) is 16.3. The van der Waals surface area contributed by atoms with E-state index in [9.17, 15) is 9.90 Å². The Bertz CT molecular complexity index is 1550. The number of rotatable bonds is 9. The van der Waals surface area contributed by atoms with Gasteiger partial charge < -0.3 is 14.4 Å². The summed E-state index contributed by atoms with van der Waals surface area (Å²) < 4.78 is 13.2. The van der Waals surface area contributed by atoms with Crippen molar-refractivity contribution in [3.63, 3.8) is 0 Å². The van der Waals surface area contributed by atoms with Crippen LogP contribution in [0.15, 0.2) is 40.9 Å². The van der Waals surface area contributed by atoms with Gasteiger partial charge in [-0.25, -0.2) is 9.78 Å². The minimum absolute atomic E-state index is 0.0344. The van der Waals surface area contributed by atoms with E-state index in [2.05, 4.69) is 19.0 Å². The number of carboxylic acids is 1. The van der Waals surface area contributed by atoms with Crippen molar-refractivity contribution >= 4 is 50.7 Å². The molecule has 2 aromatic carbocycles. The molecule has 0 amide bonds. The number of benzene rings is 2. The molecular formula is C31H32Cl2N2O4S. The molecule has 0 unspecified atom stereocenters. The second kappa shape index (κ2) is 10.8. The second-order valence-electron chi connectivity index (χ2n) is 11.7. The van der Waals surface area contributed by atoms with E-state index in [1.807, 2.05) is 24.3 Å². The second-order valence-corrected chi connectivity index (χ2v) is 13.5. The number of aromatic carboxylic acids is 1. The molecule has 2 aliphatic carbocycles. The molecule has 1 N–H and O–H groups in total. The summed E-state index contributed by atoms with van der Waals surface area (Å²) in [6.07, 6.45) is 7.33. The van der Waals surface area contributed by atoms with Crippen molar-refractivity contribution in [1.29, 1.82) is 0 Å². The number of halogens is 2. The summed E-state index contributed by atoms with van der Waals surface area (Å²) in [7, 11) is 0. The molecule has 0 spiro atoms. The normalized spacial score (nSPS) is 23.1. The van der Waals surface area contributed by atoms with Crippen LogP contribution >= 0.6 is 34.5 Å². The maximum absolute atomic E-state index is 11.4. The average molecular weight is 600 g/mol. The largest absolute Gasteiger partial charge is 0.478 e. The number of thiazole rings is 1. The Morgan fingerprint density at radius 3 is 2.52 bits per heavy atom. The molecule has 0 saturated heterocycles. The highest BCUT2D eigenvalue weighted by Gasteiger charge is 2.42. The first kappa shape index (κ1) is 27.7. The van der Waals surface area contributed by atoms with Gasteiger partial charge in [0.25, 0.3) is 0 Å². The first-order valence-electron chi connectivity index (χ1n) is 13.9. The van der Waals surface area contributed by atoms with Crippen LogP contribution in [0.2, 0.25) is 10.0 Å². The number of nitrogens with zero attached hydrogens (tertiary/aromatic N) is 2. The SMILES string of the molecule is CCC1(COCc2c(-c3c(Cl)cccc3Cl)noc2C2CC2)CCC(C)(c2nc3ccc(C(=O)O)cc3s2)CC1. The molecule has 6 nitrogen and oxygen atoms in total. The smallest absolute Gasteiger partial charge is 0.335 e. The van der Waals surface area contributed by atoms with Crippen LogP contribution in [0.25, 0.3) is 21.5 Å². The molecule has 2 aromatic heterocycles. The van der Waals surface area contributed by atoms with Gasteiger partial charge >= 0.3 is 5.97 Å². The zero-order chi connectivity index (χ0) is 28.1. The first-order chi connectivity index (χ1) is 19.2. The van der Waals surface area contributed by atoms with Gasteiger partial charge in [-0.3, -0.25) is 0 Å². The highest BCUT2D eigenvalue weighted by molar-refractivity contribution is 7.18. The zero-order valence-electron chi connectivity index (χ0n) is 22.6. The van der Waals surface area contributed by atoms with Gasteiger partial charge in [0, 0.05) is 22.5 Å². The number of fused-ring (bicyclic) bond motifs is 1. The van der Waals surface area contributed by atoms with Gasteiger partial charge in [-0.15, -0.1) is 11.3 Å². The van der Waals surface area contributed by atoms with Crippen molar-refractivity contribution in [1.82, 2.24) is 10.1 Å². The molecule has 0 bridgehead atoms. The molecule has 40 heavy (non-hydrogen) atoms. The van der Waals surface area contributed by atoms with Crippen LogP contribution in [0.4, 0.5) is 0 Å². The third kappa shape index (κ3) is 5.18. The van der Waals surface area contributed by atoms with Gasteiger partial charge in [0.05, 0.1) is 44.0 Å². The number of carboxylic acid groups (broad SMARTS) is 1. The minimum atomic E-state index is -0.911. The number of carbonyl (C=O) groups is 1. The fourth-order valence-electron chi connectivity index (χ4n) is 5.88. The summed E-state index contributed by atoms with van der Waals surface area (Å²) in [6.45, 7) is 5.62. The standard InChI is InChI=1S/C31H32Cl2N2O4S/c1-3-31(13-11-30(2,12-14-31)29-34-23-10-9-19(28(36)37)15-24(23)40-29)17-38-16-20-26(35-39-27(20)18-7-8-18)25-21(32)5-4-6-22(25)33/h4-6,9-10,15,18H,3,7-8,11-14,16-17H2,1-2H3,(H,36,37). The Kier molecular flexibility index (Phi) is 7.45. The lowest BCUT2D eigenvalue weighted by atomic mass is 9.64.